The van der Waals surface area contributed by atoms with Gasteiger partial charge in [0.05, 0.1) is 17.7 Å². The van der Waals surface area contributed by atoms with Crippen LogP contribution in [0.3, 0.4) is 0 Å². The lowest BCUT2D eigenvalue weighted by Crippen LogP contribution is -2.66. The summed E-state index contributed by atoms with van der Waals surface area (Å²) in [5, 5.41) is 11.3. The zero-order valence-electron chi connectivity index (χ0n) is 17.8. The molecule has 0 unspecified atom stereocenters. The second-order valence-corrected chi connectivity index (χ2v) is 9.02. The number of β-amino-alcohol motifs (C(OH)–C–C–N with tert-alkyl or cyclic N) is 1. The average molecular weight is 396 g/mol. The molecule has 3 aliphatic rings. The van der Waals surface area contributed by atoms with Crippen LogP contribution in [0.4, 0.5) is 4.79 Å². The standard InChI is InChI=1S/C21H37N3O4/c1-4-28-19(26)22-14-10-21(27,11-15-22)16-23-12-7-9-20(3)18(23)8-5-6-13-24(20)17(2)25/h18,27H,4-16H2,1-3H3/t18-,20+/m1/s1. The van der Waals surface area contributed by atoms with Gasteiger partial charge < -0.3 is 19.6 Å². The van der Waals surface area contributed by atoms with E-state index < -0.39 is 5.60 Å². The maximum atomic E-state index is 12.3. The molecule has 0 aromatic heterocycles. The molecule has 0 aliphatic carbocycles. The van der Waals surface area contributed by atoms with Crippen molar-refractivity contribution in [1.82, 2.24) is 14.7 Å². The lowest BCUT2D eigenvalue weighted by atomic mass is 9.78. The van der Waals surface area contributed by atoms with Crippen LogP contribution in [0.2, 0.25) is 0 Å². The fourth-order valence-corrected chi connectivity index (χ4v) is 5.59. The van der Waals surface area contributed by atoms with E-state index in [0.29, 0.717) is 45.1 Å². The highest BCUT2D eigenvalue weighted by atomic mass is 16.6. The molecule has 0 bridgehead atoms. The molecule has 2 amide bonds. The van der Waals surface area contributed by atoms with E-state index >= 15 is 0 Å². The van der Waals surface area contributed by atoms with Crippen molar-refractivity contribution in [3.05, 3.63) is 0 Å². The Morgan fingerprint density at radius 2 is 1.79 bits per heavy atom. The predicted octanol–water partition coefficient (Wildman–Crippen LogP) is 2.23. The minimum atomic E-state index is -0.783. The summed E-state index contributed by atoms with van der Waals surface area (Å²) in [6.07, 6.45) is 6.18. The molecule has 2 atom stereocenters. The minimum absolute atomic E-state index is 0.150. The van der Waals surface area contributed by atoms with Gasteiger partial charge in [-0.25, -0.2) is 4.79 Å². The lowest BCUT2D eigenvalue weighted by molar-refractivity contribution is -0.141. The van der Waals surface area contributed by atoms with Gasteiger partial charge in [0, 0.05) is 39.1 Å². The van der Waals surface area contributed by atoms with Crippen LogP contribution in [0.25, 0.3) is 0 Å². The SMILES string of the molecule is CCOC(=O)N1CCC(O)(CN2CCC[C@@]3(C)[C@H]2CCCCN3C(C)=O)CC1. The number of hydrogen-bond donors (Lipinski definition) is 1. The van der Waals surface area contributed by atoms with Gasteiger partial charge in [0.15, 0.2) is 0 Å². The summed E-state index contributed by atoms with van der Waals surface area (Å²) in [5.74, 6) is 0.165. The summed E-state index contributed by atoms with van der Waals surface area (Å²) in [5.41, 5.74) is -0.933. The molecule has 0 saturated carbocycles. The molecule has 0 aromatic rings. The zero-order chi connectivity index (χ0) is 20.4. The van der Waals surface area contributed by atoms with Gasteiger partial charge in [0.2, 0.25) is 5.91 Å². The lowest BCUT2D eigenvalue weighted by Gasteiger charge is -2.54. The van der Waals surface area contributed by atoms with Crippen molar-refractivity contribution in [3.63, 3.8) is 0 Å². The van der Waals surface area contributed by atoms with Gasteiger partial charge in [-0.05, 0) is 58.9 Å². The van der Waals surface area contributed by atoms with E-state index in [-0.39, 0.29) is 17.5 Å². The molecule has 3 rings (SSSR count). The summed E-state index contributed by atoms with van der Waals surface area (Å²) in [4.78, 5) is 30.5. The molecule has 7 heteroatoms. The van der Waals surface area contributed by atoms with E-state index in [4.69, 9.17) is 4.74 Å². The van der Waals surface area contributed by atoms with Crippen molar-refractivity contribution >= 4 is 12.0 Å². The molecule has 3 heterocycles. The zero-order valence-corrected chi connectivity index (χ0v) is 17.8. The largest absolute Gasteiger partial charge is 0.450 e. The number of rotatable bonds is 3. The Balaban J connectivity index is 1.68. The van der Waals surface area contributed by atoms with Crippen LogP contribution in [0, 0.1) is 0 Å². The third-order valence-electron chi connectivity index (χ3n) is 7.11. The van der Waals surface area contributed by atoms with Gasteiger partial charge >= 0.3 is 6.09 Å². The number of piperidine rings is 2. The van der Waals surface area contributed by atoms with Crippen molar-refractivity contribution in [3.8, 4) is 0 Å². The van der Waals surface area contributed by atoms with Gasteiger partial charge in [-0.15, -0.1) is 0 Å². The topological polar surface area (TPSA) is 73.3 Å². The Morgan fingerprint density at radius 1 is 1.07 bits per heavy atom. The molecular formula is C21H37N3O4. The van der Waals surface area contributed by atoms with E-state index in [1.54, 1.807) is 11.8 Å². The van der Waals surface area contributed by atoms with Crippen molar-refractivity contribution in [1.29, 1.82) is 0 Å². The molecule has 160 valence electrons. The van der Waals surface area contributed by atoms with E-state index in [2.05, 4.69) is 16.7 Å². The number of hydrogen-bond acceptors (Lipinski definition) is 5. The number of nitrogens with zero attached hydrogens (tertiary/aromatic N) is 3. The summed E-state index contributed by atoms with van der Waals surface area (Å²) in [6, 6.07) is 0.291. The predicted molar refractivity (Wildman–Crippen MR) is 107 cm³/mol. The van der Waals surface area contributed by atoms with Crippen LogP contribution >= 0.6 is 0 Å². The number of aliphatic hydroxyl groups is 1. The van der Waals surface area contributed by atoms with Crippen LogP contribution in [0.15, 0.2) is 0 Å². The number of carbonyl (C=O) groups is 2. The van der Waals surface area contributed by atoms with Crippen molar-refractivity contribution in [2.75, 3.05) is 39.3 Å². The Morgan fingerprint density at radius 3 is 2.43 bits per heavy atom. The van der Waals surface area contributed by atoms with Crippen molar-refractivity contribution in [2.45, 2.75) is 82.9 Å². The number of carbonyl (C=O) groups excluding carboxylic acids is 2. The first-order chi connectivity index (χ1) is 13.3. The first-order valence-corrected chi connectivity index (χ1v) is 11.0. The number of amides is 2. The second-order valence-electron chi connectivity index (χ2n) is 9.02. The first-order valence-electron chi connectivity index (χ1n) is 11.0. The normalized spacial score (nSPS) is 31.1. The van der Waals surface area contributed by atoms with E-state index in [9.17, 15) is 14.7 Å². The quantitative estimate of drug-likeness (QED) is 0.793. The highest BCUT2D eigenvalue weighted by molar-refractivity contribution is 5.74. The number of ether oxygens (including phenoxy) is 1. The van der Waals surface area contributed by atoms with Gasteiger partial charge in [0.25, 0.3) is 0 Å². The van der Waals surface area contributed by atoms with Crippen LogP contribution in [0.1, 0.15) is 65.7 Å². The van der Waals surface area contributed by atoms with Gasteiger partial charge in [-0.1, -0.05) is 6.42 Å². The third kappa shape index (κ3) is 4.30. The summed E-state index contributed by atoms with van der Waals surface area (Å²) in [6.45, 7) is 9.61. The summed E-state index contributed by atoms with van der Waals surface area (Å²) in [7, 11) is 0. The molecule has 0 radical (unpaired) electrons. The second kappa shape index (κ2) is 8.57. The Kier molecular flexibility index (Phi) is 6.54. The molecule has 0 spiro atoms. The molecular weight excluding hydrogens is 358 g/mol. The van der Waals surface area contributed by atoms with Gasteiger partial charge in [-0.3, -0.25) is 9.69 Å². The number of fused-ring (bicyclic) bond motifs is 1. The highest BCUT2D eigenvalue weighted by Crippen LogP contribution is 2.39. The minimum Gasteiger partial charge on any atom is -0.450 e. The smallest absolute Gasteiger partial charge is 0.409 e. The molecule has 1 N–H and O–H groups in total. The third-order valence-corrected chi connectivity index (χ3v) is 7.11. The number of likely N-dealkylation sites (tertiary alicyclic amines) is 3. The fraction of sp³-hybridized carbons (Fsp3) is 0.905. The highest BCUT2D eigenvalue weighted by Gasteiger charge is 2.48. The van der Waals surface area contributed by atoms with Gasteiger partial charge in [-0.2, -0.15) is 0 Å². The Labute approximate surface area is 169 Å². The molecule has 7 nitrogen and oxygen atoms in total. The fourth-order valence-electron chi connectivity index (χ4n) is 5.59. The van der Waals surface area contributed by atoms with Crippen LogP contribution in [-0.2, 0) is 9.53 Å². The van der Waals surface area contributed by atoms with Crippen LogP contribution in [0.5, 0.6) is 0 Å². The van der Waals surface area contributed by atoms with Gasteiger partial charge in [0.1, 0.15) is 0 Å². The van der Waals surface area contributed by atoms with E-state index in [1.807, 2.05) is 6.92 Å². The van der Waals surface area contributed by atoms with Crippen LogP contribution < -0.4 is 0 Å². The van der Waals surface area contributed by atoms with E-state index in [1.165, 1.54) is 0 Å². The van der Waals surface area contributed by atoms with Crippen LogP contribution in [-0.4, -0.2) is 88.3 Å². The Bertz CT molecular complexity index is 576. The summed E-state index contributed by atoms with van der Waals surface area (Å²) < 4.78 is 5.09. The first kappa shape index (κ1) is 21.4. The molecule has 3 saturated heterocycles. The monoisotopic (exact) mass is 395 g/mol. The molecule has 0 aromatic carbocycles. The van der Waals surface area contributed by atoms with Crippen molar-refractivity contribution < 1.29 is 19.4 Å². The summed E-state index contributed by atoms with van der Waals surface area (Å²) >= 11 is 0. The molecule has 28 heavy (non-hydrogen) atoms. The maximum absolute atomic E-state index is 12.3. The van der Waals surface area contributed by atoms with Crippen molar-refractivity contribution in [2.24, 2.45) is 0 Å². The molecule has 3 fully saturated rings. The molecule has 3 aliphatic heterocycles. The Hall–Kier alpha value is -1.34. The average Bonchev–Trinajstić information content (AvgIpc) is 2.81. The maximum Gasteiger partial charge on any atom is 0.409 e. The van der Waals surface area contributed by atoms with E-state index in [0.717, 1.165) is 45.2 Å².